The Morgan fingerprint density at radius 1 is 1.19 bits per heavy atom. The van der Waals surface area contributed by atoms with E-state index in [2.05, 4.69) is 43.2 Å². The SMILES string of the molecule is CC(C)NCc1cccc(Cl)c1N(C)C1CCCCCC1. The van der Waals surface area contributed by atoms with E-state index in [0.717, 1.165) is 11.6 Å². The Morgan fingerprint density at radius 3 is 2.48 bits per heavy atom. The molecule has 0 aromatic heterocycles. The number of halogens is 1. The van der Waals surface area contributed by atoms with E-state index in [1.165, 1.54) is 49.8 Å². The summed E-state index contributed by atoms with van der Waals surface area (Å²) >= 11 is 6.53. The monoisotopic (exact) mass is 308 g/mol. The zero-order chi connectivity index (χ0) is 15.2. The van der Waals surface area contributed by atoms with Gasteiger partial charge in [0.1, 0.15) is 0 Å². The molecule has 118 valence electrons. The number of benzene rings is 1. The summed E-state index contributed by atoms with van der Waals surface area (Å²) in [5, 5.41) is 4.39. The normalized spacial score (nSPS) is 17.0. The second kappa shape index (κ2) is 8.05. The molecule has 1 saturated carbocycles. The number of para-hydroxylation sites is 1. The molecule has 21 heavy (non-hydrogen) atoms. The van der Waals surface area contributed by atoms with Crippen LogP contribution in [0.15, 0.2) is 18.2 Å². The van der Waals surface area contributed by atoms with Crippen molar-refractivity contribution in [3.05, 3.63) is 28.8 Å². The highest BCUT2D eigenvalue weighted by atomic mass is 35.5. The fraction of sp³-hybridized carbons (Fsp3) is 0.667. The standard InChI is InChI=1S/C18H29ClN2/c1-14(2)20-13-15-9-8-12-17(19)18(15)21(3)16-10-6-4-5-7-11-16/h8-9,12,14,16,20H,4-7,10-11,13H2,1-3H3. The topological polar surface area (TPSA) is 15.3 Å². The van der Waals surface area contributed by atoms with Crippen LogP contribution in [0.2, 0.25) is 5.02 Å². The van der Waals surface area contributed by atoms with Crippen molar-refractivity contribution in [3.8, 4) is 0 Å². The van der Waals surface area contributed by atoms with Crippen LogP contribution >= 0.6 is 11.6 Å². The number of nitrogens with one attached hydrogen (secondary N) is 1. The molecule has 0 amide bonds. The zero-order valence-corrected chi connectivity index (χ0v) is 14.4. The van der Waals surface area contributed by atoms with Crippen molar-refractivity contribution < 1.29 is 0 Å². The van der Waals surface area contributed by atoms with E-state index in [1.807, 2.05) is 6.07 Å². The average molecular weight is 309 g/mol. The smallest absolute Gasteiger partial charge is 0.0642 e. The van der Waals surface area contributed by atoms with Gasteiger partial charge in [-0.15, -0.1) is 0 Å². The van der Waals surface area contributed by atoms with E-state index in [9.17, 15) is 0 Å². The number of hydrogen-bond donors (Lipinski definition) is 1. The number of rotatable bonds is 5. The van der Waals surface area contributed by atoms with Gasteiger partial charge in [-0.2, -0.15) is 0 Å². The molecule has 1 fully saturated rings. The summed E-state index contributed by atoms with van der Waals surface area (Å²) in [5.41, 5.74) is 2.53. The summed E-state index contributed by atoms with van der Waals surface area (Å²) in [7, 11) is 2.22. The van der Waals surface area contributed by atoms with E-state index in [4.69, 9.17) is 11.6 Å². The molecule has 0 heterocycles. The molecule has 1 aliphatic rings. The lowest BCUT2D eigenvalue weighted by atomic mass is 10.0. The Morgan fingerprint density at radius 2 is 1.86 bits per heavy atom. The van der Waals surface area contributed by atoms with Crippen LogP contribution in [0.25, 0.3) is 0 Å². The molecule has 2 rings (SSSR count). The lowest BCUT2D eigenvalue weighted by molar-refractivity contribution is 0.547. The number of nitrogens with zero attached hydrogens (tertiary/aromatic N) is 1. The Hall–Kier alpha value is -0.730. The van der Waals surface area contributed by atoms with E-state index >= 15 is 0 Å². The van der Waals surface area contributed by atoms with Crippen LogP contribution in [0, 0.1) is 0 Å². The molecule has 0 spiro atoms. The van der Waals surface area contributed by atoms with Crippen molar-refractivity contribution in [2.24, 2.45) is 0 Å². The molecule has 3 heteroatoms. The Kier molecular flexibility index (Phi) is 6.38. The Bertz CT molecular complexity index is 437. The first-order chi connectivity index (χ1) is 10.1. The van der Waals surface area contributed by atoms with Crippen LogP contribution in [0.3, 0.4) is 0 Å². The molecule has 1 N–H and O–H groups in total. The molecule has 0 saturated heterocycles. The van der Waals surface area contributed by atoms with Gasteiger partial charge >= 0.3 is 0 Å². The maximum atomic E-state index is 6.53. The molecule has 0 atom stereocenters. The first kappa shape index (κ1) is 16.6. The van der Waals surface area contributed by atoms with Gasteiger partial charge in [0.25, 0.3) is 0 Å². The fourth-order valence-electron chi connectivity index (χ4n) is 3.24. The van der Waals surface area contributed by atoms with Crippen LogP contribution in [0.4, 0.5) is 5.69 Å². The van der Waals surface area contributed by atoms with Crippen LogP contribution < -0.4 is 10.2 Å². The molecular formula is C18H29ClN2. The fourth-order valence-corrected chi connectivity index (χ4v) is 3.57. The summed E-state index contributed by atoms with van der Waals surface area (Å²) in [4.78, 5) is 2.44. The summed E-state index contributed by atoms with van der Waals surface area (Å²) in [5.74, 6) is 0. The molecular weight excluding hydrogens is 280 g/mol. The van der Waals surface area contributed by atoms with Gasteiger partial charge in [-0.3, -0.25) is 0 Å². The summed E-state index contributed by atoms with van der Waals surface area (Å²) in [6.45, 7) is 5.24. The Labute approximate surface area is 134 Å². The number of anilines is 1. The number of hydrogen-bond acceptors (Lipinski definition) is 2. The zero-order valence-electron chi connectivity index (χ0n) is 13.7. The first-order valence-electron chi connectivity index (χ1n) is 8.33. The van der Waals surface area contributed by atoms with Gasteiger partial charge in [0.05, 0.1) is 10.7 Å². The third kappa shape index (κ3) is 4.62. The van der Waals surface area contributed by atoms with Crippen LogP contribution in [0.1, 0.15) is 57.9 Å². The van der Waals surface area contributed by atoms with Crippen LogP contribution in [-0.4, -0.2) is 19.1 Å². The van der Waals surface area contributed by atoms with E-state index in [-0.39, 0.29) is 0 Å². The second-order valence-electron chi connectivity index (χ2n) is 6.54. The van der Waals surface area contributed by atoms with Crippen molar-refractivity contribution in [3.63, 3.8) is 0 Å². The van der Waals surface area contributed by atoms with Gasteiger partial charge in [0.15, 0.2) is 0 Å². The lowest BCUT2D eigenvalue weighted by Gasteiger charge is -2.32. The second-order valence-corrected chi connectivity index (χ2v) is 6.95. The quantitative estimate of drug-likeness (QED) is 0.770. The first-order valence-corrected chi connectivity index (χ1v) is 8.71. The largest absolute Gasteiger partial charge is 0.370 e. The molecule has 1 aromatic carbocycles. The highest BCUT2D eigenvalue weighted by molar-refractivity contribution is 6.33. The minimum Gasteiger partial charge on any atom is -0.370 e. The molecule has 0 radical (unpaired) electrons. The third-order valence-corrected chi connectivity index (χ3v) is 4.80. The van der Waals surface area contributed by atoms with E-state index < -0.39 is 0 Å². The molecule has 2 nitrogen and oxygen atoms in total. The van der Waals surface area contributed by atoms with Crippen molar-refractivity contribution >= 4 is 17.3 Å². The molecule has 0 bridgehead atoms. The van der Waals surface area contributed by atoms with Gasteiger partial charge in [0.2, 0.25) is 0 Å². The molecule has 1 aliphatic carbocycles. The predicted molar refractivity (Wildman–Crippen MR) is 93.3 cm³/mol. The summed E-state index contributed by atoms with van der Waals surface area (Å²) < 4.78 is 0. The molecule has 0 unspecified atom stereocenters. The van der Waals surface area contributed by atoms with Crippen molar-refractivity contribution in [2.45, 2.75) is 71.0 Å². The van der Waals surface area contributed by atoms with Gasteiger partial charge < -0.3 is 10.2 Å². The van der Waals surface area contributed by atoms with Crippen LogP contribution in [0.5, 0.6) is 0 Å². The molecule has 0 aliphatic heterocycles. The highest BCUT2D eigenvalue weighted by Crippen LogP contribution is 2.33. The average Bonchev–Trinajstić information content (AvgIpc) is 2.73. The van der Waals surface area contributed by atoms with Crippen molar-refractivity contribution in [1.82, 2.24) is 5.32 Å². The van der Waals surface area contributed by atoms with Gasteiger partial charge in [-0.05, 0) is 24.5 Å². The summed E-state index contributed by atoms with van der Waals surface area (Å²) in [6, 6.07) is 7.39. The van der Waals surface area contributed by atoms with Crippen molar-refractivity contribution in [2.75, 3.05) is 11.9 Å². The maximum absolute atomic E-state index is 6.53. The summed E-state index contributed by atoms with van der Waals surface area (Å²) in [6.07, 6.45) is 8.04. The van der Waals surface area contributed by atoms with E-state index in [1.54, 1.807) is 0 Å². The van der Waals surface area contributed by atoms with Gasteiger partial charge in [0, 0.05) is 25.7 Å². The van der Waals surface area contributed by atoms with Crippen LogP contribution in [-0.2, 0) is 6.54 Å². The minimum absolute atomic E-state index is 0.486. The predicted octanol–water partition coefficient (Wildman–Crippen LogP) is 5.00. The molecule has 1 aromatic rings. The Balaban J connectivity index is 2.19. The van der Waals surface area contributed by atoms with Gasteiger partial charge in [-0.25, -0.2) is 0 Å². The van der Waals surface area contributed by atoms with E-state index in [0.29, 0.717) is 12.1 Å². The minimum atomic E-state index is 0.486. The third-order valence-electron chi connectivity index (χ3n) is 4.50. The van der Waals surface area contributed by atoms with Gasteiger partial charge in [-0.1, -0.05) is 63.3 Å². The lowest BCUT2D eigenvalue weighted by Crippen LogP contribution is -2.33. The highest BCUT2D eigenvalue weighted by Gasteiger charge is 2.21. The van der Waals surface area contributed by atoms with Crippen molar-refractivity contribution in [1.29, 1.82) is 0 Å². The maximum Gasteiger partial charge on any atom is 0.0642 e.